The third-order valence-corrected chi connectivity index (χ3v) is 7.80. The van der Waals surface area contributed by atoms with Crippen molar-refractivity contribution in [3.05, 3.63) is 93.1 Å². The molecule has 198 valence electrons. The van der Waals surface area contributed by atoms with Crippen molar-refractivity contribution in [2.24, 2.45) is 0 Å². The number of carboxylic acids is 1. The van der Waals surface area contributed by atoms with E-state index in [1.807, 2.05) is 36.4 Å². The first-order chi connectivity index (χ1) is 18.4. The summed E-state index contributed by atoms with van der Waals surface area (Å²) in [6.45, 7) is 0.818. The number of hydrogen-bond donors (Lipinski definition) is 3. The van der Waals surface area contributed by atoms with Gasteiger partial charge >= 0.3 is 12.1 Å². The number of carbonyl (C=O) groups is 2. The Morgan fingerprint density at radius 3 is 2.21 bits per heavy atom. The zero-order valence-electron chi connectivity index (χ0n) is 21.0. The van der Waals surface area contributed by atoms with Gasteiger partial charge < -0.3 is 20.5 Å². The fourth-order valence-electron chi connectivity index (χ4n) is 4.74. The number of aliphatic carboxylic acids is 1. The third kappa shape index (κ3) is 7.54. The highest BCUT2D eigenvalue weighted by atomic mass is 127. The first-order valence-electron chi connectivity index (χ1n) is 12.8. The molecule has 1 atom stereocenters. The number of hydrogen-bond acceptors (Lipinski definition) is 4. The number of unbranched alkanes of at least 4 members (excludes halogenated alkanes) is 1. The van der Waals surface area contributed by atoms with Gasteiger partial charge in [-0.15, -0.1) is 0 Å². The van der Waals surface area contributed by atoms with Gasteiger partial charge in [0.05, 0.1) is 4.99 Å². The number of aryl methyl sites for hydroxylation is 1. The number of alkyl carbamates (subject to hydrolysis) is 1. The van der Waals surface area contributed by atoms with E-state index in [9.17, 15) is 14.7 Å². The molecule has 0 spiro atoms. The third-order valence-electron chi connectivity index (χ3n) is 6.73. The highest BCUT2D eigenvalue weighted by molar-refractivity contribution is 14.1. The summed E-state index contributed by atoms with van der Waals surface area (Å²) >= 11 is 7.71. The second-order valence-electron chi connectivity index (χ2n) is 9.33. The van der Waals surface area contributed by atoms with Crippen molar-refractivity contribution in [3.8, 4) is 11.1 Å². The first kappa shape index (κ1) is 28.0. The molecule has 0 bridgehead atoms. The highest BCUT2D eigenvalue weighted by Gasteiger charge is 2.29. The number of carbonyl (C=O) groups excluding carboxylic acids is 1. The molecule has 38 heavy (non-hydrogen) atoms. The lowest BCUT2D eigenvalue weighted by molar-refractivity contribution is -0.139. The van der Waals surface area contributed by atoms with Crippen molar-refractivity contribution in [3.63, 3.8) is 0 Å². The van der Waals surface area contributed by atoms with Gasteiger partial charge in [-0.1, -0.05) is 72.9 Å². The zero-order chi connectivity index (χ0) is 26.9. The predicted octanol–water partition coefficient (Wildman–Crippen LogP) is 6.30. The second-order valence-corrected chi connectivity index (χ2v) is 11.1. The van der Waals surface area contributed by atoms with E-state index in [4.69, 9.17) is 17.0 Å². The number of halogens is 1. The number of carboxylic acid groups (broad SMARTS) is 1. The average Bonchev–Trinajstić information content (AvgIpc) is 3.24. The van der Waals surface area contributed by atoms with E-state index in [2.05, 4.69) is 69.6 Å². The van der Waals surface area contributed by atoms with Gasteiger partial charge in [0.15, 0.2) is 0 Å². The van der Waals surface area contributed by atoms with Crippen LogP contribution in [0.4, 0.5) is 4.79 Å². The first-order valence-corrected chi connectivity index (χ1v) is 14.3. The van der Waals surface area contributed by atoms with Crippen LogP contribution in [0.5, 0.6) is 0 Å². The van der Waals surface area contributed by atoms with Crippen LogP contribution in [0.3, 0.4) is 0 Å². The molecule has 1 aliphatic carbocycles. The molecular formula is C30H31IN2O4S. The van der Waals surface area contributed by atoms with Crippen LogP contribution in [0.25, 0.3) is 11.1 Å². The number of nitrogens with one attached hydrogen (secondary N) is 2. The van der Waals surface area contributed by atoms with Gasteiger partial charge in [0.2, 0.25) is 0 Å². The van der Waals surface area contributed by atoms with Crippen LogP contribution in [0.1, 0.15) is 48.3 Å². The summed E-state index contributed by atoms with van der Waals surface area (Å²) in [6, 6.07) is 23.6. The quantitative estimate of drug-likeness (QED) is 0.122. The summed E-state index contributed by atoms with van der Waals surface area (Å²) in [6.07, 6.45) is 2.64. The van der Waals surface area contributed by atoms with Crippen molar-refractivity contribution >= 4 is 51.9 Å². The minimum Gasteiger partial charge on any atom is -0.480 e. The van der Waals surface area contributed by atoms with Crippen LogP contribution >= 0.6 is 34.8 Å². The van der Waals surface area contributed by atoms with Gasteiger partial charge in [-0.05, 0) is 88.2 Å². The van der Waals surface area contributed by atoms with Crippen molar-refractivity contribution in [2.45, 2.75) is 44.1 Å². The molecule has 0 radical (unpaired) electrons. The second kappa shape index (κ2) is 13.7. The number of thiocarbonyl (C=S) groups is 1. The summed E-state index contributed by atoms with van der Waals surface area (Å²) < 4.78 is 6.71. The van der Waals surface area contributed by atoms with Crippen LogP contribution in [-0.2, 0) is 16.0 Å². The van der Waals surface area contributed by atoms with Gasteiger partial charge in [0.1, 0.15) is 12.6 Å². The average molecular weight is 643 g/mol. The van der Waals surface area contributed by atoms with Gasteiger partial charge in [-0.2, -0.15) is 0 Å². The van der Waals surface area contributed by atoms with E-state index in [1.54, 1.807) is 0 Å². The van der Waals surface area contributed by atoms with Crippen LogP contribution < -0.4 is 10.6 Å². The molecule has 0 aliphatic heterocycles. The molecule has 3 aromatic carbocycles. The Bertz CT molecular complexity index is 1240. The monoisotopic (exact) mass is 642 g/mol. The summed E-state index contributed by atoms with van der Waals surface area (Å²) in [5.74, 6) is -1.14. The number of rotatable bonds is 12. The molecule has 4 rings (SSSR count). The van der Waals surface area contributed by atoms with E-state index in [0.29, 0.717) is 19.4 Å². The van der Waals surface area contributed by atoms with Crippen LogP contribution in [0.15, 0.2) is 72.8 Å². The van der Waals surface area contributed by atoms with Gasteiger partial charge in [0, 0.05) is 22.5 Å². The van der Waals surface area contributed by atoms with E-state index in [1.165, 1.54) is 9.13 Å². The summed E-state index contributed by atoms with van der Waals surface area (Å²) in [5, 5.41) is 15.4. The standard InChI is InChI=1S/C30H31IN2O4S/c31-21-15-12-20(13-16-21)14-17-28(38)32-18-6-5-11-27(29(34)35)33-30(36)37-19-26-24-9-3-1-7-22(24)23-8-2-4-10-25(23)26/h1-4,7-10,12-13,15-16,26-27H,5-6,11,14,17-19H2,(H,32,38)(H,33,36)(H,34,35)/t27-/m1/s1. The lowest BCUT2D eigenvalue weighted by Crippen LogP contribution is -2.41. The SMILES string of the molecule is O=C(N[C@H](CCCCNC(=S)CCc1ccc(I)cc1)C(=O)O)OCC1c2ccccc2-c2ccccc21. The van der Waals surface area contributed by atoms with Crippen LogP contribution in [0.2, 0.25) is 0 Å². The maximum absolute atomic E-state index is 12.5. The van der Waals surface area contributed by atoms with Gasteiger partial charge in [-0.3, -0.25) is 0 Å². The molecule has 3 aromatic rings. The predicted molar refractivity (Wildman–Crippen MR) is 162 cm³/mol. The van der Waals surface area contributed by atoms with Gasteiger partial charge in [0.25, 0.3) is 0 Å². The maximum atomic E-state index is 12.5. The Morgan fingerprint density at radius 1 is 0.947 bits per heavy atom. The highest BCUT2D eigenvalue weighted by Crippen LogP contribution is 2.44. The number of fused-ring (bicyclic) bond motifs is 3. The van der Waals surface area contributed by atoms with Gasteiger partial charge in [-0.25, -0.2) is 9.59 Å². The molecular weight excluding hydrogens is 611 g/mol. The molecule has 8 heteroatoms. The number of amides is 1. The molecule has 0 unspecified atom stereocenters. The Morgan fingerprint density at radius 2 is 1.58 bits per heavy atom. The maximum Gasteiger partial charge on any atom is 0.407 e. The molecule has 1 aliphatic rings. The number of benzene rings is 3. The van der Waals surface area contributed by atoms with E-state index in [0.717, 1.165) is 46.5 Å². The Balaban J connectivity index is 1.17. The fourth-order valence-corrected chi connectivity index (χ4v) is 5.30. The molecule has 0 heterocycles. The number of ether oxygens (including phenoxy) is 1. The Hall–Kier alpha value is -2.98. The topological polar surface area (TPSA) is 87.7 Å². The molecule has 0 saturated heterocycles. The Labute approximate surface area is 242 Å². The molecule has 3 N–H and O–H groups in total. The van der Waals surface area contributed by atoms with E-state index >= 15 is 0 Å². The minimum atomic E-state index is -1.07. The van der Waals surface area contributed by atoms with Crippen LogP contribution in [0, 0.1) is 3.57 Å². The van der Waals surface area contributed by atoms with E-state index < -0.39 is 18.1 Å². The fraction of sp³-hybridized carbons (Fsp3) is 0.300. The molecule has 0 saturated carbocycles. The lowest BCUT2D eigenvalue weighted by atomic mass is 9.98. The van der Waals surface area contributed by atoms with Crippen molar-refractivity contribution in [1.82, 2.24) is 10.6 Å². The van der Waals surface area contributed by atoms with Crippen molar-refractivity contribution in [2.75, 3.05) is 13.2 Å². The Kier molecular flexibility index (Phi) is 10.1. The normalized spacial score (nSPS) is 12.8. The van der Waals surface area contributed by atoms with Crippen molar-refractivity contribution < 1.29 is 19.4 Å². The molecule has 6 nitrogen and oxygen atoms in total. The largest absolute Gasteiger partial charge is 0.480 e. The summed E-state index contributed by atoms with van der Waals surface area (Å²) in [4.78, 5) is 25.0. The molecule has 0 aromatic heterocycles. The molecule has 1 amide bonds. The lowest BCUT2D eigenvalue weighted by Gasteiger charge is -2.17. The minimum absolute atomic E-state index is 0.0722. The van der Waals surface area contributed by atoms with Crippen molar-refractivity contribution in [1.29, 1.82) is 0 Å². The van der Waals surface area contributed by atoms with Crippen LogP contribution in [-0.4, -0.2) is 41.4 Å². The van der Waals surface area contributed by atoms with E-state index in [-0.39, 0.29) is 12.5 Å². The summed E-state index contributed by atoms with van der Waals surface area (Å²) in [7, 11) is 0. The zero-order valence-corrected chi connectivity index (χ0v) is 24.0. The summed E-state index contributed by atoms with van der Waals surface area (Å²) in [5.41, 5.74) is 5.76. The molecule has 0 fully saturated rings. The smallest absolute Gasteiger partial charge is 0.407 e.